The van der Waals surface area contributed by atoms with Crippen LogP contribution in [0.15, 0.2) is 0 Å². The topological polar surface area (TPSA) is 49.5 Å². The molecule has 12 heavy (non-hydrogen) atoms. The van der Waals surface area contributed by atoms with Crippen molar-refractivity contribution >= 4 is 0 Å². The summed E-state index contributed by atoms with van der Waals surface area (Å²) in [6.45, 7) is 5.42. The molecular formula is C9H22N2O. The molecule has 0 rings (SSSR count). The fourth-order valence-electron chi connectivity index (χ4n) is 1.69. The molecule has 0 spiro atoms. The number of nitrogens with two attached hydrogens (primary N) is 1. The molecular weight excluding hydrogens is 152 g/mol. The molecule has 0 aromatic rings. The maximum Gasteiger partial charge on any atom is 0.0582 e. The highest BCUT2D eigenvalue weighted by Gasteiger charge is 2.21. The number of aliphatic hydroxyl groups excluding tert-OH is 1. The van der Waals surface area contributed by atoms with E-state index in [0.717, 1.165) is 13.0 Å². The zero-order valence-electron chi connectivity index (χ0n) is 8.67. The summed E-state index contributed by atoms with van der Waals surface area (Å²) in [5.41, 5.74) is 5.85. The first-order valence-electron chi connectivity index (χ1n) is 4.38. The van der Waals surface area contributed by atoms with Crippen molar-refractivity contribution in [3.05, 3.63) is 0 Å². The number of hydrogen-bond acceptors (Lipinski definition) is 3. The lowest BCUT2D eigenvalue weighted by molar-refractivity contribution is 0.178. The van der Waals surface area contributed by atoms with Gasteiger partial charge in [0.05, 0.1) is 6.61 Å². The van der Waals surface area contributed by atoms with E-state index >= 15 is 0 Å². The molecule has 0 fully saturated rings. The summed E-state index contributed by atoms with van der Waals surface area (Å²) in [4.78, 5) is 2.14. The number of rotatable bonds is 5. The highest BCUT2D eigenvalue weighted by Crippen LogP contribution is 2.21. The smallest absolute Gasteiger partial charge is 0.0582 e. The fourth-order valence-corrected chi connectivity index (χ4v) is 1.69. The molecule has 0 radical (unpaired) electrons. The van der Waals surface area contributed by atoms with E-state index in [9.17, 15) is 0 Å². The molecule has 0 aliphatic heterocycles. The minimum Gasteiger partial charge on any atom is -0.395 e. The van der Waals surface area contributed by atoms with Gasteiger partial charge in [0.2, 0.25) is 0 Å². The van der Waals surface area contributed by atoms with Crippen LogP contribution in [0.1, 0.15) is 20.3 Å². The Morgan fingerprint density at radius 2 is 1.92 bits per heavy atom. The molecule has 0 saturated carbocycles. The van der Waals surface area contributed by atoms with Crippen LogP contribution in [0.3, 0.4) is 0 Å². The van der Waals surface area contributed by atoms with Gasteiger partial charge in [0.15, 0.2) is 0 Å². The maximum atomic E-state index is 8.79. The van der Waals surface area contributed by atoms with Crippen LogP contribution in [0.4, 0.5) is 0 Å². The van der Waals surface area contributed by atoms with Crippen molar-refractivity contribution < 1.29 is 5.11 Å². The van der Waals surface area contributed by atoms with Crippen LogP contribution in [0.5, 0.6) is 0 Å². The van der Waals surface area contributed by atoms with Crippen LogP contribution in [0.25, 0.3) is 0 Å². The third-order valence-electron chi connectivity index (χ3n) is 1.79. The van der Waals surface area contributed by atoms with E-state index in [4.69, 9.17) is 10.8 Å². The monoisotopic (exact) mass is 174 g/mol. The third-order valence-corrected chi connectivity index (χ3v) is 1.79. The van der Waals surface area contributed by atoms with E-state index in [1.165, 1.54) is 0 Å². The molecule has 1 unspecified atom stereocenters. The van der Waals surface area contributed by atoms with Crippen molar-refractivity contribution in [3.8, 4) is 0 Å². The van der Waals surface area contributed by atoms with E-state index in [1.54, 1.807) is 0 Å². The van der Waals surface area contributed by atoms with Gasteiger partial charge >= 0.3 is 0 Å². The van der Waals surface area contributed by atoms with E-state index in [2.05, 4.69) is 18.7 Å². The Hall–Kier alpha value is -0.120. The van der Waals surface area contributed by atoms with Gasteiger partial charge in [0.25, 0.3) is 0 Å². The second-order valence-electron chi connectivity index (χ2n) is 4.55. The second kappa shape index (κ2) is 4.80. The van der Waals surface area contributed by atoms with Gasteiger partial charge in [-0.15, -0.1) is 0 Å². The minimum absolute atomic E-state index is 0.0802. The largest absolute Gasteiger partial charge is 0.395 e. The predicted octanol–water partition coefficient (Wildman–Crippen LogP) is 0.284. The average molecular weight is 174 g/mol. The van der Waals surface area contributed by atoms with Crippen molar-refractivity contribution in [1.82, 2.24) is 4.90 Å². The molecule has 3 heteroatoms. The van der Waals surface area contributed by atoms with Gasteiger partial charge in [-0.2, -0.15) is 0 Å². The van der Waals surface area contributed by atoms with Crippen LogP contribution >= 0.6 is 0 Å². The molecule has 1 atom stereocenters. The van der Waals surface area contributed by atoms with Crippen LogP contribution in [-0.2, 0) is 0 Å². The molecule has 74 valence electrons. The Balaban J connectivity index is 3.85. The first-order chi connectivity index (χ1) is 5.37. The molecule has 0 heterocycles. The second-order valence-corrected chi connectivity index (χ2v) is 4.55. The summed E-state index contributed by atoms with van der Waals surface area (Å²) in [5, 5.41) is 8.79. The lowest BCUT2D eigenvalue weighted by Gasteiger charge is -2.30. The molecule has 0 aliphatic carbocycles. The normalized spacial score (nSPS) is 15.2. The van der Waals surface area contributed by atoms with Gasteiger partial charge in [0.1, 0.15) is 0 Å². The maximum absolute atomic E-state index is 8.79. The van der Waals surface area contributed by atoms with E-state index < -0.39 is 0 Å². The van der Waals surface area contributed by atoms with Crippen molar-refractivity contribution in [2.75, 3.05) is 27.2 Å². The van der Waals surface area contributed by atoms with Gasteiger partial charge in [-0.25, -0.2) is 0 Å². The van der Waals surface area contributed by atoms with E-state index in [1.807, 2.05) is 14.1 Å². The van der Waals surface area contributed by atoms with Gasteiger partial charge < -0.3 is 15.7 Å². The first kappa shape index (κ1) is 11.9. The van der Waals surface area contributed by atoms with E-state index in [0.29, 0.717) is 0 Å². The van der Waals surface area contributed by atoms with Crippen LogP contribution in [0, 0.1) is 5.41 Å². The molecule has 0 amide bonds. The standard InChI is InChI=1S/C9H22N2O/c1-9(2,7-11(3)4)5-8(10)6-12/h8,12H,5-7,10H2,1-4H3. The first-order valence-corrected chi connectivity index (χ1v) is 4.38. The summed E-state index contributed by atoms with van der Waals surface area (Å²) in [6.07, 6.45) is 0.863. The SMILES string of the molecule is CN(C)CC(C)(C)CC(N)CO. The van der Waals surface area contributed by atoms with Gasteiger partial charge in [-0.05, 0) is 25.9 Å². The summed E-state index contributed by atoms with van der Waals surface area (Å²) >= 11 is 0. The predicted molar refractivity (Wildman–Crippen MR) is 52.0 cm³/mol. The molecule has 3 N–H and O–H groups in total. The third kappa shape index (κ3) is 5.52. The molecule has 0 aromatic heterocycles. The number of aliphatic hydroxyl groups is 1. The highest BCUT2D eigenvalue weighted by molar-refractivity contribution is 4.76. The summed E-state index contributed by atoms with van der Waals surface area (Å²) in [6, 6.07) is -0.0834. The quantitative estimate of drug-likeness (QED) is 0.629. The Bertz CT molecular complexity index is 124. The number of nitrogens with zero attached hydrogens (tertiary/aromatic N) is 1. The Morgan fingerprint density at radius 1 is 1.42 bits per heavy atom. The zero-order valence-corrected chi connectivity index (χ0v) is 8.67. The highest BCUT2D eigenvalue weighted by atomic mass is 16.3. The van der Waals surface area contributed by atoms with Crippen LogP contribution in [0.2, 0.25) is 0 Å². The lowest BCUT2D eigenvalue weighted by Crippen LogP contribution is -2.36. The molecule has 0 saturated heterocycles. The van der Waals surface area contributed by atoms with Gasteiger partial charge in [-0.1, -0.05) is 13.8 Å². The molecule has 0 aliphatic rings. The van der Waals surface area contributed by atoms with E-state index in [-0.39, 0.29) is 18.1 Å². The Labute approximate surface area is 75.6 Å². The van der Waals surface area contributed by atoms with Crippen molar-refractivity contribution in [2.45, 2.75) is 26.3 Å². The zero-order chi connectivity index (χ0) is 9.78. The summed E-state index contributed by atoms with van der Waals surface area (Å²) in [5.74, 6) is 0. The Kier molecular flexibility index (Phi) is 4.75. The van der Waals surface area contributed by atoms with Crippen molar-refractivity contribution in [3.63, 3.8) is 0 Å². The van der Waals surface area contributed by atoms with Crippen LogP contribution < -0.4 is 5.73 Å². The lowest BCUT2D eigenvalue weighted by atomic mass is 9.86. The molecule has 0 bridgehead atoms. The molecule has 3 nitrogen and oxygen atoms in total. The average Bonchev–Trinajstić information content (AvgIpc) is 1.83. The van der Waals surface area contributed by atoms with Crippen LogP contribution in [-0.4, -0.2) is 43.3 Å². The van der Waals surface area contributed by atoms with Gasteiger partial charge in [-0.3, -0.25) is 0 Å². The number of hydrogen-bond donors (Lipinski definition) is 2. The Morgan fingerprint density at radius 3 is 2.25 bits per heavy atom. The minimum atomic E-state index is -0.0834. The summed E-state index contributed by atoms with van der Waals surface area (Å²) < 4.78 is 0. The van der Waals surface area contributed by atoms with Crippen molar-refractivity contribution in [2.24, 2.45) is 11.1 Å². The fraction of sp³-hybridized carbons (Fsp3) is 1.00. The van der Waals surface area contributed by atoms with Gasteiger partial charge in [0, 0.05) is 12.6 Å². The summed E-state index contributed by atoms with van der Waals surface area (Å²) in [7, 11) is 4.10. The molecule has 0 aromatic carbocycles. The van der Waals surface area contributed by atoms with Crippen molar-refractivity contribution in [1.29, 1.82) is 0 Å².